The molecule has 0 aliphatic carbocycles. The molecule has 3 rings (SSSR count). The van der Waals surface area contributed by atoms with Gasteiger partial charge in [0.2, 0.25) is 5.95 Å². The lowest BCUT2D eigenvalue weighted by atomic mass is 10.2. The molecule has 1 aliphatic heterocycles. The number of morpholine rings is 1. The highest BCUT2D eigenvalue weighted by atomic mass is 16.5. The van der Waals surface area contributed by atoms with E-state index < -0.39 is 5.97 Å². The minimum absolute atomic E-state index is 0.171. The molecule has 0 radical (unpaired) electrons. The molecular weight excluding hydrogens is 324 g/mol. The molecule has 0 bridgehead atoms. The Morgan fingerprint density at radius 2 is 1.96 bits per heavy atom. The van der Waals surface area contributed by atoms with Gasteiger partial charge in [0.25, 0.3) is 5.91 Å². The molecule has 0 spiro atoms. The van der Waals surface area contributed by atoms with Crippen LogP contribution in [0.3, 0.4) is 0 Å². The van der Waals surface area contributed by atoms with Crippen molar-refractivity contribution in [2.45, 2.75) is 0 Å². The van der Waals surface area contributed by atoms with E-state index in [-0.39, 0.29) is 17.5 Å². The zero-order valence-electron chi connectivity index (χ0n) is 13.8. The number of hydrogen-bond acceptors (Lipinski definition) is 7. The Labute approximate surface area is 144 Å². The highest BCUT2D eigenvalue weighted by Crippen LogP contribution is 2.19. The molecule has 1 aliphatic rings. The standard InChI is InChI=1S/C17H18N4O4/c1-24-16(23)12-4-2-3-5-13(12)19-17-18-7-6-14(20-17)15(22)21-8-10-25-11-9-21/h2-7H,8-11H2,1H3,(H,18,19,20). The van der Waals surface area contributed by atoms with Gasteiger partial charge in [0.05, 0.1) is 31.6 Å². The van der Waals surface area contributed by atoms with Crippen LogP contribution >= 0.6 is 0 Å². The van der Waals surface area contributed by atoms with Crippen LogP contribution in [0.15, 0.2) is 36.5 Å². The molecule has 0 unspecified atom stereocenters. The van der Waals surface area contributed by atoms with Crippen LogP contribution in [0.4, 0.5) is 11.6 Å². The Balaban J connectivity index is 1.81. The molecule has 2 aromatic rings. The van der Waals surface area contributed by atoms with Crippen LogP contribution in [0.5, 0.6) is 0 Å². The van der Waals surface area contributed by atoms with Gasteiger partial charge in [0.15, 0.2) is 0 Å². The Hall–Kier alpha value is -3.00. The predicted octanol–water partition coefficient (Wildman–Crippen LogP) is 1.48. The largest absolute Gasteiger partial charge is 0.465 e. The van der Waals surface area contributed by atoms with Crippen molar-refractivity contribution in [2.75, 3.05) is 38.7 Å². The summed E-state index contributed by atoms with van der Waals surface area (Å²) in [5.41, 5.74) is 1.15. The number of methoxy groups -OCH3 is 1. The normalized spacial score (nSPS) is 14.0. The minimum Gasteiger partial charge on any atom is -0.465 e. The van der Waals surface area contributed by atoms with E-state index in [0.717, 1.165) is 0 Å². The summed E-state index contributed by atoms with van der Waals surface area (Å²) in [6.07, 6.45) is 1.50. The first kappa shape index (κ1) is 16.8. The van der Waals surface area contributed by atoms with Crippen molar-refractivity contribution < 1.29 is 19.1 Å². The average molecular weight is 342 g/mol. The summed E-state index contributed by atoms with van der Waals surface area (Å²) in [6, 6.07) is 8.42. The van der Waals surface area contributed by atoms with Crippen LogP contribution < -0.4 is 5.32 Å². The fraction of sp³-hybridized carbons (Fsp3) is 0.294. The quantitative estimate of drug-likeness (QED) is 0.841. The number of benzene rings is 1. The van der Waals surface area contributed by atoms with E-state index in [1.807, 2.05) is 0 Å². The zero-order chi connectivity index (χ0) is 17.6. The molecule has 2 heterocycles. The maximum Gasteiger partial charge on any atom is 0.339 e. The van der Waals surface area contributed by atoms with E-state index in [1.165, 1.54) is 13.3 Å². The summed E-state index contributed by atoms with van der Waals surface area (Å²) in [5.74, 6) is -0.408. The van der Waals surface area contributed by atoms with E-state index in [0.29, 0.717) is 37.6 Å². The summed E-state index contributed by atoms with van der Waals surface area (Å²) < 4.78 is 10.0. The Bertz CT molecular complexity index is 775. The van der Waals surface area contributed by atoms with E-state index >= 15 is 0 Å². The molecule has 8 nitrogen and oxygen atoms in total. The predicted molar refractivity (Wildman–Crippen MR) is 89.8 cm³/mol. The van der Waals surface area contributed by atoms with Crippen molar-refractivity contribution in [1.29, 1.82) is 0 Å². The molecule has 130 valence electrons. The molecule has 1 aromatic carbocycles. The number of para-hydroxylation sites is 1. The first-order valence-corrected chi connectivity index (χ1v) is 7.83. The molecule has 8 heteroatoms. The molecule has 0 atom stereocenters. The van der Waals surface area contributed by atoms with Gasteiger partial charge < -0.3 is 19.7 Å². The molecule has 25 heavy (non-hydrogen) atoms. The number of carbonyl (C=O) groups excluding carboxylic acids is 2. The molecular formula is C17H18N4O4. The Kier molecular flexibility index (Phi) is 5.20. The van der Waals surface area contributed by atoms with Crippen molar-refractivity contribution in [3.63, 3.8) is 0 Å². The van der Waals surface area contributed by atoms with Crippen molar-refractivity contribution in [3.8, 4) is 0 Å². The van der Waals surface area contributed by atoms with E-state index in [2.05, 4.69) is 15.3 Å². The molecule has 1 aromatic heterocycles. The second-order valence-electron chi connectivity index (χ2n) is 5.33. The second kappa shape index (κ2) is 7.71. The zero-order valence-corrected chi connectivity index (χ0v) is 13.8. The van der Waals surface area contributed by atoms with Crippen LogP contribution in [-0.4, -0.2) is 60.2 Å². The summed E-state index contributed by atoms with van der Waals surface area (Å²) in [5, 5.41) is 2.97. The van der Waals surface area contributed by atoms with Crippen LogP contribution in [0.1, 0.15) is 20.8 Å². The van der Waals surface area contributed by atoms with Crippen molar-refractivity contribution in [1.82, 2.24) is 14.9 Å². The summed E-state index contributed by atoms with van der Waals surface area (Å²) in [7, 11) is 1.32. The molecule has 1 saturated heterocycles. The number of anilines is 2. The lowest BCUT2D eigenvalue weighted by Gasteiger charge is -2.26. The van der Waals surface area contributed by atoms with Gasteiger partial charge in [-0.2, -0.15) is 0 Å². The van der Waals surface area contributed by atoms with Crippen LogP contribution in [0.25, 0.3) is 0 Å². The summed E-state index contributed by atoms with van der Waals surface area (Å²) >= 11 is 0. The van der Waals surface area contributed by atoms with Crippen molar-refractivity contribution >= 4 is 23.5 Å². The van der Waals surface area contributed by atoms with Gasteiger partial charge in [-0.1, -0.05) is 12.1 Å². The number of amides is 1. The third-order valence-electron chi connectivity index (χ3n) is 3.75. The first-order chi connectivity index (χ1) is 12.2. The van der Waals surface area contributed by atoms with Crippen LogP contribution in [-0.2, 0) is 9.47 Å². The summed E-state index contributed by atoms with van der Waals surface area (Å²) in [6.45, 7) is 2.12. The number of esters is 1. The van der Waals surface area contributed by atoms with Crippen molar-refractivity contribution in [3.05, 3.63) is 47.8 Å². The van der Waals surface area contributed by atoms with E-state index in [1.54, 1.807) is 35.2 Å². The molecule has 0 saturated carbocycles. The maximum atomic E-state index is 12.5. The number of nitrogens with one attached hydrogen (secondary N) is 1. The van der Waals surface area contributed by atoms with Gasteiger partial charge in [0, 0.05) is 19.3 Å². The smallest absolute Gasteiger partial charge is 0.339 e. The third-order valence-corrected chi connectivity index (χ3v) is 3.75. The van der Waals surface area contributed by atoms with Gasteiger partial charge in [-0.3, -0.25) is 4.79 Å². The number of ether oxygens (including phenoxy) is 2. The molecule has 1 fully saturated rings. The minimum atomic E-state index is -0.469. The van der Waals surface area contributed by atoms with Crippen molar-refractivity contribution in [2.24, 2.45) is 0 Å². The lowest BCUT2D eigenvalue weighted by molar-refractivity contribution is 0.0299. The number of hydrogen-bond donors (Lipinski definition) is 1. The highest BCUT2D eigenvalue weighted by Gasteiger charge is 2.20. The topological polar surface area (TPSA) is 93.6 Å². The van der Waals surface area contributed by atoms with Gasteiger partial charge in [-0.05, 0) is 18.2 Å². The van der Waals surface area contributed by atoms with E-state index in [4.69, 9.17) is 9.47 Å². The molecule has 1 amide bonds. The maximum absolute atomic E-state index is 12.5. The van der Waals surface area contributed by atoms with E-state index in [9.17, 15) is 9.59 Å². The first-order valence-electron chi connectivity index (χ1n) is 7.83. The van der Waals surface area contributed by atoms with Gasteiger partial charge in [0.1, 0.15) is 5.69 Å². The fourth-order valence-corrected chi connectivity index (χ4v) is 2.47. The average Bonchev–Trinajstić information content (AvgIpc) is 2.68. The number of rotatable bonds is 4. The van der Waals surface area contributed by atoms with Gasteiger partial charge in [-0.15, -0.1) is 0 Å². The Morgan fingerprint density at radius 3 is 2.72 bits per heavy atom. The third kappa shape index (κ3) is 3.92. The highest BCUT2D eigenvalue weighted by molar-refractivity contribution is 5.96. The number of aromatic nitrogens is 2. The van der Waals surface area contributed by atoms with Crippen LogP contribution in [0.2, 0.25) is 0 Å². The van der Waals surface area contributed by atoms with Crippen LogP contribution in [0, 0.1) is 0 Å². The fourth-order valence-electron chi connectivity index (χ4n) is 2.47. The van der Waals surface area contributed by atoms with Gasteiger partial charge in [-0.25, -0.2) is 14.8 Å². The molecule has 1 N–H and O–H groups in total. The monoisotopic (exact) mass is 342 g/mol. The summed E-state index contributed by atoms with van der Waals surface area (Å²) in [4.78, 5) is 34.4. The SMILES string of the molecule is COC(=O)c1ccccc1Nc1nccc(C(=O)N2CCOCC2)n1. The number of carbonyl (C=O) groups is 2. The lowest BCUT2D eigenvalue weighted by Crippen LogP contribution is -2.41. The second-order valence-corrected chi connectivity index (χ2v) is 5.33. The number of nitrogens with zero attached hydrogens (tertiary/aromatic N) is 3. The van der Waals surface area contributed by atoms with Gasteiger partial charge >= 0.3 is 5.97 Å². The Morgan fingerprint density at radius 1 is 1.20 bits per heavy atom.